The Balaban J connectivity index is 0.000000175. The molecule has 3 saturated carbocycles. The number of aliphatic carboxylic acids is 1. The number of nitrogens with two attached hydrogens (primary N) is 1. The Labute approximate surface area is 628 Å². The number of nitrogens with one attached hydrogen (secondary N) is 1. The van der Waals surface area contributed by atoms with E-state index in [-0.39, 0.29) is 86.6 Å². The Bertz CT molecular complexity index is 4150. The molecule has 11 aliphatic rings. The lowest BCUT2D eigenvalue weighted by molar-refractivity contribution is -0.137. The van der Waals surface area contributed by atoms with Gasteiger partial charge in [-0.05, 0) is 127 Å². The Morgan fingerprint density at radius 1 is 0.542 bits per heavy atom. The summed E-state index contributed by atoms with van der Waals surface area (Å²) in [5.74, 6) is 4.64. The van der Waals surface area contributed by atoms with Crippen molar-refractivity contribution in [1.29, 1.82) is 10.5 Å². The quantitative estimate of drug-likeness (QED) is 0.0564. The molecule has 576 valence electrons. The lowest BCUT2D eigenvalue weighted by Crippen LogP contribution is -2.68. The zero-order chi connectivity index (χ0) is 75.8. The zero-order valence-electron chi connectivity index (χ0n) is 64.0. The number of aryl methyl sites for hydroxylation is 2. The van der Waals surface area contributed by atoms with E-state index in [1.807, 2.05) is 34.7 Å². The van der Waals surface area contributed by atoms with Crippen LogP contribution < -0.4 is 53.7 Å². The minimum absolute atomic E-state index is 0.00763. The summed E-state index contributed by atoms with van der Waals surface area (Å²) in [4.78, 5) is 71.6. The van der Waals surface area contributed by atoms with Gasteiger partial charge in [0.1, 0.15) is 23.6 Å². The van der Waals surface area contributed by atoms with Gasteiger partial charge < -0.3 is 63.9 Å². The van der Waals surface area contributed by atoms with Gasteiger partial charge in [0.2, 0.25) is 19.5 Å². The van der Waals surface area contributed by atoms with Crippen LogP contribution in [0.4, 0.5) is 0 Å². The van der Waals surface area contributed by atoms with Crippen LogP contribution in [0.3, 0.4) is 0 Å². The molecule has 0 spiro atoms. The highest BCUT2D eigenvalue weighted by Gasteiger charge is 2.59. The number of benzene rings is 4. The average Bonchev–Trinajstić information content (AvgIpc) is 1.38. The molecule has 4 aromatic carbocycles. The molecule has 1 amide bonds. The van der Waals surface area contributed by atoms with E-state index in [4.69, 9.17) is 53.5 Å². The molecule has 5 N–H and O–H groups in total. The van der Waals surface area contributed by atoms with Gasteiger partial charge in [-0.2, -0.15) is 10.5 Å². The Hall–Kier alpha value is -8.39. The van der Waals surface area contributed by atoms with Gasteiger partial charge in [0.25, 0.3) is 0 Å². The third-order valence-corrected chi connectivity index (χ3v) is 25.4. The van der Waals surface area contributed by atoms with E-state index < -0.39 is 36.0 Å². The first kappa shape index (κ1) is 76.8. The van der Waals surface area contributed by atoms with Crippen LogP contribution in [0.15, 0.2) is 12.1 Å². The standard InChI is InChI=1S/C46H60N4O8.C28H32N4O6.C9H16O2/c1-26-20-31-21-33-35(23-47)50-34(41(49(33)4)39(31)46(42(26)54-5)58-38(53)19-17-30-14-10-7-11-15-30)22-32-40(45-44(55-25-56-45)27(2)43(32)57-28(3)51)36(50)24-48-37(52)18-16-29-12-8-6-9-13-29;1-12-6-15-7-17-19(9-29)32-18(23(31(17)4)21(15)24(34)25(12)35-5)8-16-22(20(32)10-30)28-27(36-11-37-28)13(2)26(16)38-14(3)33;10-9(11)7-6-8-4-2-1-3-5-8/h20,29-30,33-36,41H,6-19,21-22,24-25H2,1-5H3,(H,48,52);6,17-20,23,34H,7-8,10-11,30H2,1-5H3;8H,1-7H2,(H,10,11)/t33-,34?,35-,36-,41-;17-,18?,19-,20-,23-;/m00./s1. The van der Waals surface area contributed by atoms with Crippen molar-refractivity contribution in [3.8, 4) is 69.6 Å². The van der Waals surface area contributed by atoms with Crippen LogP contribution in [0.1, 0.15) is 240 Å². The number of ether oxygens (including phenoxy) is 9. The number of phenols is 1. The molecule has 24 heteroatoms. The zero-order valence-corrected chi connectivity index (χ0v) is 64.0. The number of methoxy groups -OCH3 is 2. The number of hydrogen-bond acceptors (Lipinski definition) is 22. The molecular weight excluding hydrogens is 1360 g/mol. The number of aromatic hydroxyl groups is 1. The minimum atomic E-state index is -0.643. The number of carbonyl (C=O) groups excluding carboxylic acids is 4. The summed E-state index contributed by atoms with van der Waals surface area (Å²) in [5, 5.41) is 44.8. The van der Waals surface area contributed by atoms with Gasteiger partial charge >= 0.3 is 23.9 Å². The van der Waals surface area contributed by atoms with Crippen LogP contribution in [0.25, 0.3) is 0 Å². The molecule has 0 aromatic heterocycles. The molecule has 4 bridgehead atoms. The number of nitrogens with zero attached hydrogens (tertiary/aromatic N) is 6. The number of esters is 3. The highest BCUT2D eigenvalue weighted by atomic mass is 16.7. The highest BCUT2D eigenvalue weighted by molar-refractivity contribution is 5.78. The molecule has 3 aliphatic carbocycles. The van der Waals surface area contributed by atoms with Crippen molar-refractivity contribution in [2.75, 3.05) is 55.0 Å². The van der Waals surface area contributed by atoms with Gasteiger partial charge in [0.15, 0.2) is 46.0 Å². The fourth-order valence-corrected chi connectivity index (χ4v) is 20.6. The molecule has 24 nitrogen and oxygen atoms in total. The SMILES string of the molecule is COc1c(C)cc2c(c1O)[C@@H]1C3Cc4c(OC(C)=O)c(C)c5c(c4[C@H](CN)N3[C@@H](C#N)[C@H](C2)N1C)OCO5.COc1c(C)cc2c(c1OC(=O)CCC1CCCCC1)[C@@H]1C3Cc4c(OC(C)=O)c(C)c5c(c4[C@H](CNC(=O)CCC4CCCCC4)N3[C@@H](C#N)[C@H](C2)N1C)OCO5.O=C(O)CCC1CCCCC1. The maximum Gasteiger partial charge on any atom is 0.311 e. The summed E-state index contributed by atoms with van der Waals surface area (Å²) in [6, 6.07) is 6.01. The molecule has 2 saturated heterocycles. The third-order valence-electron chi connectivity index (χ3n) is 25.4. The Kier molecular flexibility index (Phi) is 23.6. The monoisotopic (exact) mass is 1470 g/mol. The molecule has 8 heterocycles. The van der Waals surface area contributed by atoms with E-state index in [1.54, 1.807) is 14.2 Å². The van der Waals surface area contributed by atoms with Crippen molar-refractivity contribution in [2.24, 2.45) is 23.5 Å². The van der Waals surface area contributed by atoms with Crippen LogP contribution >= 0.6 is 0 Å². The fourth-order valence-electron chi connectivity index (χ4n) is 20.6. The number of nitriles is 2. The summed E-state index contributed by atoms with van der Waals surface area (Å²) in [5.41, 5.74) is 16.5. The fraction of sp³-hybridized carbons (Fsp3) is 0.627. The number of carbonyl (C=O) groups is 5. The van der Waals surface area contributed by atoms with Gasteiger partial charge in [-0.1, -0.05) is 108 Å². The Morgan fingerprint density at radius 2 is 0.972 bits per heavy atom. The van der Waals surface area contributed by atoms with Gasteiger partial charge in [0, 0.05) is 115 Å². The highest BCUT2D eigenvalue weighted by Crippen LogP contribution is 2.61. The average molecular weight is 1470 g/mol. The van der Waals surface area contributed by atoms with E-state index >= 15 is 0 Å². The van der Waals surface area contributed by atoms with Gasteiger partial charge in [-0.3, -0.25) is 43.6 Å². The lowest BCUT2D eigenvalue weighted by atomic mass is 9.71. The maximum absolute atomic E-state index is 13.8. The number of hydrogen-bond donors (Lipinski definition) is 4. The van der Waals surface area contributed by atoms with E-state index in [9.17, 15) is 39.6 Å². The second-order valence-electron chi connectivity index (χ2n) is 31.7. The number of likely N-dealkylation sites (N-methyl/N-ethyl adjacent to an activating group) is 2. The first-order valence-electron chi connectivity index (χ1n) is 39.1. The van der Waals surface area contributed by atoms with Crippen LogP contribution in [0.5, 0.6) is 57.5 Å². The normalized spacial score (nSPS) is 25.5. The van der Waals surface area contributed by atoms with Gasteiger partial charge in [-0.25, -0.2) is 0 Å². The number of carboxylic acids is 1. The van der Waals surface area contributed by atoms with Crippen molar-refractivity contribution in [3.05, 3.63) is 78.9 Å². The van der Waals surface area contributed by atoms with Crippen molar-refractivity contribution in [1.82, 2.24) is 24.9 Å². The molecule has 5 fully saturated rings. The molecule has 4 aromatic rings. The summed E-state index contributed by atoms with van der Waals surface area (Å²) in [7, 11) is 7.23. The molecular formula is C83H108N8O16. The molecule has 10 atom stereocenters. The number of piperazine rings is 2. The molecule has 0 radical (unpaired) electrons. The molecule has 15 rings (SSSR count). The lowest BCUT2D eigenvalue weighted by Gasteiger charge is -2.60. The minimum Gasteiger partial charge on any atom is -0.504 e. The number of amides is 1. The summed E-state index contributed by atoms with van der Waals surface area (Å²) in [6.45, 7) is 10.9. The van der Waals surface area contributed by atoms with Gasteiger partial charge in [0.05, 0.1) is 50.5 Å². The second-order valence-corrected chi connectivity index (χ2v) is 31.7. The van der Waals surface area contributed by atoms with Crippen molar-refractivity contribution < 1.29 is 76.8 Å². The van der Waals surface area contributed by atoms with E-state index in [1.165, 1.54) is 97.3 Å². The van der Waals surface area contributed by atoms with Crippen molar-refractivity contribution in [3.63, 3.8) is 0 Å². The van der Waals surface area contributed by atoms with E-state index in [0.717, 1.165) is 87.7 Å². The van der Waals surface area contributed by atoms with Crippen molar-refractivity contribution in [2.45, 2.75) is 262 Å². The van der Waals surface area contributed by atoms with Gasteiger partial charge in [-0.15, -0.1) is 0 Å². The topological polar surface area (TPSA) is 307 Å². The molecule has 107 heavy (non-hydrogen) atoms. The second kappa shape index (κ2) is 32.8. The largest absolute Gasteiger partial charge is 0.504 e. The first-order valence-corrected chi connectivity index (χ1v) is 39.1. The van der Waals surface area contributed by atoms with Crippen LogP contribution in [0, 0.1) is 68.1 Å². The summed E-state index contributed by atoms with van der Waals surface area (Å²) >= 11 is 0. The van der Waals surface area contributed by atoms with Crippen LogP contribution in [-0.2, 0) is 49.7 Å². The third kappa shape index (κ3) is 14.8. The first-order chi connectivity index (χ1) is 51.6. The summed E-state index contributed by atoms with van der Waals surface area (Å²) in [6.07, 6.45) is 24.3. The number of phenolic OH excluding ortho intramolecular Hbond substituents is 1. The maximum atomic E-state index is 13.8. The Morgan fingerprint density at radius 3 is 1.43 bits per heavy atom. The predicted molar refractivity (Wildman–Crippen MR) is 396 cm³/mol. The van der Waals surface area contributed by atoms with E-state index in [2.05, 4.69) is 56.2 Å². The number of carboxylic acid groups (broad SMARTS) is 1. The smallest absolute Gasteiger partial charge is 0.311 e. The van der Waals surface area contributed by atoms with Crippen molar-refractivity contribution >= 4 is 29.8 Å². The molecule has 8 aliphatic heterocycles. The van der Waals surface area contributed by atoms with E-state index in [0.29, 0.717) is 126 Å². The molecule has 2 unspecified atom stereocenters. The van der Waals surface area contributed by atoms with Crippen LogP contribution in [0.2, 0.25) is 0 Å². The number of fused-ring (bicyclic) bond motifs is 18. The predicted octanol–water partition coefficient (Wildman–Crippen LogP) is 12.3. The summed E-state index contributed by atoms with van der Waals surface area (Å²) < 4.78 is 53.9. The number of rotatable bonds is 17. The van der Waals surface area contributed by atoms with Crippen LogP contribution in [-0.4, -0.2) is 151 Å².